The maximum atomic E-state index is 6.13. The number of hydrogen-bond acceptors (Lipinski definition) is 8. The van der Waals surface area contributed by atoms with Gasteiger partial charge in [0.05, 0.1) is 24.4 Å². The number of aromatic nitrogens is 6. The standard InChI is InChI=1S/C24H17N7O3/c25-24-28-22-19(23-27-21(29-31(23)24)20-7-4-13-33-20)15-26-30(22)12-14-32-16-8-10-18(11-9-16)34-17-5-2-1-3-6-17/h1-8,10,13,15H,12,14H2,(H2,25,28). The van der Waals surface area contributed by atoms with E-state index in [0.29, 0.717) is 47.5 Å². The molecule has 0 spiro atoms. The summed E-state index contributed by atoms with van der Waals surface area (Å²) in [5.74, 6) is 3.01. The average molecular weight is 451 g/mol. The van der Waals surface area contributed by atoms with E-state index >= 15 is 0 Å². The Morgan fingerprint density at radius 2 is 1.79 bits per heavy atom. The topological polar surface area (TPSA) is 119 Å². The summed E-state index contributed by atoms with van der Waals surface area (Å²) in [7, 11) is 0. The lowest BCUT2D eigenvalue weighted by Gasteiger charge is -2.07. The molecule has 0 radical (unpaired) electrons. The Balaban J connectivity index is 1.16. The number of nitrogen functional groups attached to an aromatic ring is 1. The second kappa shape index (κ2) is 8.14. The maximum Gasteiger partial charge on any atom is 0.225 e. The molecule has 10 heteroatoms. The molecule has 0 bridgehead atoms. The first-order valence-electron chi connectivity index (χ1n) is 10.5. The minimum atomic E-state index is 0.201. The highest BCUT2D eigenvalue weighted by atomic mass is 16.5. The van der Waals surface area contributed by atoms with Crippen LogP contribution in [-0.4, -0.2) is 36.0 Å². The lowest BCUT2D eigenvalue weighted by molar-refractivity contribution is 0.293. The number of hydrogen-bond donors (Lipinski definition) is 1. The van der Waals surface area contributed by atoms with Gasteiger partial charge in [0.25, 0.3) is 0 Å². The second-order valence-electron chi connectivity index (χ2n) is 7.30. The number of furan rings is 1. The van der Waals surface area contributed by atoms with Crippen molar-refractivity contribution in [3.8, 4) is 28.8 Å². The van der Waals surface area contributed by atoms with Gasteiger partial charge >= 0.3 is 0 Å². The average Bonchev–Trinajstić information content (AvgIpc) is 3.61. The third-order valence-electron chi connectivity index (χ3n) is 5.07. The summed E-state index contributed by atoms with van der Waals surface area (Å²) in [6.45, 7) is 0.790. The van der Waals surface area contributed by atoms with Crippen molar-refractivity contribution in [1.82, 2.24) is 29.4 Å². The van der Waals surface area contributed by atoms with E-state index in [2.05, 4.69) is 32.3 Å². The van der Waals surface area contributed by atoms with Crippen molar-refractivity contribution in [3.63, 3.8) is 0 Å². The maximum absolute atomic E-state index is 6.13. The van der Waals surface area contributed by atoms with E-state index in [1.807, 2.05) is 30.3 Å². The Hall–Kier alpha value is -5.04. The molecule has 6 aromatic rings. The fourth-order valence-corrected chi connectivity index (χ4v) is 3.49. The molecule has 2 N–H and O–H groups in total. The number of anilines is 1. The zero-order chi connectivity index (χ0) is 22.9. The van der Waals surface area contributed by atoms with Crippen molar-refractivity contribution in [1.29, 1.82) is 0 Å². The molecule has 4 aromatic heterocycles. The zero-order valence-electron chi connectivity index (χ0n) is 17.8. The molecule has 0 unspecified atom stereocenters. The Kier molecular flexibility index (Phi) is 4.70. The van der Waals surface area contributed by atoms with E-state index in [4.69, 9.17) is 19.6 Å². The first kappa shape index (κ1) is 19.6. The first-order valence-corrected chi connectivity index (χ1v) is 10.5. The van der Waals surface area contributed by atoms with Gasteiger partial charge in [-0.1, -0.05) is 18.2 Å². The van der Waals surface area contributed by atoms with Crippen LogP contribution >= 0.6 is 0 Å². The number of ether oxygens (including phenoxy) is 2. The van der Waals surface area contributed by atoms with Crippen LogP contribution in [0.3, 0.4) is 0 Å². The largest absolute Gasteiger partial charge is 0.483 e. The summed E-state index contributed by atoms with van der Waals surface area (Å²) < 4.78 is 20.1. The molecular weight excluding hydrogens is 434 g/mol. The van der Waals surface area contributed by atoms with Gasteiger partial charge < -0.3 is 19.6 Å². The minimum absolute atomic E-state index is 0.201. The smallest absolute Gasteiger partial charge is 0.225 e. The van der Waals surface area contributed by atoms with Gasteiger partial charge in [-0.2, -0.15) is 14.6 Å². The van der Waals surface area contributed by atoms with E-state index in [0.717, 1.165) is 11.1 Å². The van der Waals surface area contributed by atoms with Crippen molar-refractivity contribution < 1.29 is 13.9 Å². The number of benzene rings is 1. The van der Waals surface area contributed by atoms with Crippen LogP contribution in [0.15, 0.2) is 71.5 Å². The van der Waals surface area contributed by atoms with Gasteiger partial charge in [-0.05, 0) is 48.5 Å². The van der Waals surface area contributed by atoms with Gasteiger partial charge in [0.1, 0.15) is 12.4 Å². The van der Waals surface area contributed by atoms with Crippen molar-refractivity contribution in [3.05, 3.63) is 79.2 Å². The molecular formula is C24H17N7O3. The number of fused-ring (bicyclic) bond motifs is 3. The van der Waals surface area contributed by atoms with Crippen molar-refractivity contribution in [2.45, 2.75) is 6.54 Å². The SMILES string of the molecule is Nc1nc2c(cnn2CCOc2c#cc(Oc3ccccc3)cc2)c2nc(-c3ccco3)nn12. The van der Waals surface area contributed by atoms with E-state index in [1.165, 1.54) is 4.52 Å². The highest BCUT2D eigenvalue weighted by Crippen LogP contribution is 2.24. The molecule has 2 aromatic carbocycles. The van der Waals surface area contributed by atoms with Gasteiger partial charge in [-0.25, -0.2) is 9.67 Å². The highest BCUT2D eigenvalue weighted by Gasteiger charge is 2.17. The van der Waals surface area contributed by atoms with Crippen molar-refractivity contribution in [2.75, 3.05) is 12.3 Å². The number of rotatable bonds is 7. The molecule has 0 saturated carbocycles. The second-order valence-corrected chi connectivity index (χ2v) is 7.30. The van der Waals surface area contributed by atoms with Crippen LogP contribution in [-0.2, 0) is 6.54 Å². The summed E-state index contributed by atoms with van der Waals surface area (Å²) in [5.41, 5.74) is 7.28. The summed E-state index contributed by atoms with van der Waals surface area (Å²) in [6.07, 6.45) is 3.25. The highest BCUT2D eigenvalue weighted by molar-refractivity contribution is 5.90. The molecule has 166 valence electrons. The van der Waals surface area contributed by atoms with Crippen LogP contribution in [0.25, 0.3) is 28.3 Å². The van der Waals surface area contributed by atoms with Gasteiger partial charge in [0, 0.05) is 0 Å². The molecule has 0 atom stereocenters. The third-order valence-corrected chi connectivity index (χ3v) is 5.07. The third kappa shape index (κ3) is 3.61. The Morgan fingerprint density at radius 3 is 2.59 bits per heavy atom. The molecule has 0 aliphatic heterocycles. The number of nitrogens with zero attached hydrogens (tertiary/aromatic N) is 6. The van der Waals surface area contributed by atoms with E-state index in [-0.39, 0.29) is 5.95 Å². The zero-order valence-corrected chi connectivity index (χ0v) is 17.8. The van der Waals surface area contributed by atoms with Gasteiger partial charge in [-0.3, -0.25) is 0 Å². The molecule has 10 nitrogen and oxygen atoms in total. The Morgan fingerprint density at radius 1 is 0.941 bits per heavy atom. The minimum Gasteiger partial charge on any atom is -0.483 e. The van der Waals surface area contributed by atoms with Gasteiger partial charge in [0.2, 0.25) is 11.8 Å². The summed E-state index contributed by atoms with van der Waals surface area (Å²) in [4.78, 5) is 9.01. The van der Waals surface area contributed by atoms with Crippen molar-refractivity contribution >= 4 is 22.6 Å². The molecule has 0 aliphatic carbocycles. The fourth-order valence-electron chi connectivity index (χ4n) is 3.49. The fraction of sp³-hybridized carbons (Fsp3) is 0.0833. The monoisotopic (exact) mass is 451 g/mol. The quantitative estimate of drug-likeness (QED) is 0.389. The summed E-state index contributed by atoms with van der Waals surface area (Å²) in [6, 6.07) is 22.5. The van der Waals surface area contributed by atoms with E-state index in [1.54, 1.807) is 41.4 Å². The molecule has 6 rings (SSSR count). The van der Waals surface area contributed by atoms with Crippen molar-refractivity contribution in [2.24, 2.45) is 0 Å². The molecule has 0 saturated heterocycles. The predicted molar refractivity (Wildman–Crippen MR) is 122 cm³/mol. The van der Waals surface area contributed by atoms with E-state index < -0.39 is 0 Å². The normalized spacial score (nSPS) is 11.1. The van der Waals surface area contributed by atoms with Gasteiger partial charge in [-0.15, -0.1) is 5.10 Å². The molecule has 0 amide bonds. The molecule has 0 aliphatic rings. The van der Waals surface area contributed by atoms with Gasteiger partial charge in [0.15, 0.2) is 28.6 Å². The van der Waals surface area contributed by atoms with Crippen LogP contribution in [0, 0.1) is 12.1 Å². The number of para-hydroxylation sites is 1. The van der Waals surface area contributed by atoms with E-state index in [9.17, 15) is 0 Å². The van der Waals surface area contributed by atoms with Crippen LogP contribution in [0.4, 0.5) is 5.95 Å². The summed E-state index contributed by atoms with van der Waals surface area (Å²) in [5, 5.41) is 9.54. The Bertz CT molecular complexity index is 1560. The predicted octanol–water partition coefficient (Wildman–Crippen LogP) is 3.79. The first-order chi connectivity index (χ1) is 16.7. The van der Waals surface area contributed by atoms with Crippen LogP contribution in [0.5, 0.6) is 17.2 Å². The molecule has 0 fully saturated rings. The summed E-state index contributed by atoms with van der Waals surface area (Å²) >= 11 is 0. The Labute approximate surface area is 193 Å². The lowest BCUT2D eigenvalue weighted by atomic mass is 10.3. The van der Waals surface area contributed by atoms with Crippen LogP contribution in [0.1, 0.15) is 0 Å². The van der Waals surface area contributed by atoms with Crippen LogP contribution < -0.4 is 15.2 Å². The molecule has 34 heavy (non-hydrogen) atoms. The van der Waals surface area contributed by atoms with Crippen LogP contribution in [0.2, 0.25) is 0 Å². The number of nitrogens with two attached hydrogens (primary N) is 1. The lowest BCUT2D eigenvalue weighted by Crippen LogP contribution is -2.11. The molecule has 4 heterocycles.